The van der Waals surface area contributed by atoms with Crippen LogP contribution in [0.4, 0.5) is 10.5 Å². The van der Waals surface area contributed by atoms with Crippen LogP contribution in [0.25, 0.3) is 16.8 Å². The Morgan fingerprint density at radius 2 is 1.81 bits per heavy atom. The van der Waals surface area contributed by atoms with Crippen LogP contribution in [0.1, 0.15) is 11.1 Å². The number of ether oxygens (including phenoxy) is 2. The highest BCUT2D eigenvalue weighted by Gasteiger charge is 2.32. The number of nitrogens with two attached hydrogens (primary N) is 1. The van der Waals surface area contributed by atoms with Crippen molar-refractivity contribution in [2.75, 3.05) is 5.32 Å². The van der Waals surface area contributed by atoms with Gasteiger partial charge in [0, 0.05) is 16.8 Å². The van der Waals surface area contributed by atoms with Gasteiger partial charge in [-0.1, -0.05) is 30.3 Å². The number of carbonyl (C=O) groups excluding carboxylic acids is 1. The van der Waals surface area contributed by atoms with Crippen molar-refractivity contribution in [2.45, 2.75) is 6.29 Å². The van der Waals surface area contributed by atoms with E-state index >= 15 is 0 Å². The Kier molecular flexibility index (Phi) is 3.36. The van der Waals surface area contributed by atoms with Gasteiger partial charge in [-0.2, -0.15) is 0 Å². The van der Waals surface area contributed by atoms with Crippen LogP contribution >= 0.6 is 0 Å². The summed E-state index contributed by atoms with van der Waals surface area (Å²) in [5.74, 6) is 1.26. The first-order valence-corrected chi connectivity index (χ1v) is 8.50. The molecule has 0 radical (unpaired) electrons. The van der Waals surface area contributed by atoms with E-state index in [2.05, 4.69) is 22.4 Å². The molecule has 132 valence electrons. The van der Waals surface area contributed by atoms with E-state index in [1.54, 1.807) is 12.1 Å². The molecule has 0 aromatic heterocycles. The average molecular weight is 357 g/mol. The van der Waals surface area contributed by atoms with Crippen molar-refractivity contribution in [3.05, 3.63) is 77.5 Å². The maximum Gasteiger partial charge on any atom is 0.316 e. The third-order valence-corrected chi connectivity index (χ3v) is 4.55. The highest BCUT2D eigenvalue weighted by atomic mass is 16.7. The number of nitrogens with one attached hydrogen (secondary N) is 1. The van der Waals surface area contributed by atoms with Gasteiger partial charge in [0.15, 0.2) is 0 Å². The number of hydrogen-bond donors (Lipinski definition) is 2. The number of anilines is 1. The Bertz CT molecular complexity index is 1130. The van der Waals surface area contributed by atoms with Crippen molar-refractivity contribution >= 4 is 34.5 Å². The first-order valence-electron chi connectivity index (χ1n) is 8.50. The zero-order valence-corrected chi connectivity index (χ0v) is 14.2. The lowest BCUT2D eigenvalue weighted by Gasteiger charge is -2.21. The topological polar surface area (TPSA) is 85.9 Å². The molecule has 0 saturated carbocycles. The summed E-state index contributed by atoms with van der Waals surface area (Å²) in [4.78, 5) is 15.5. The van der Waals surface area contributed by atoms with E-state index in [1.165, 1.54) is 0 Å². The number of amides is 2. The van der Waals surface area contributed by atoms with Crippen LogP contribution in [0, 0.1) is 0 Å². The van der Waals surface area contributed by atoms with E-state index in [9.17, 15) is 4.79 Å². The molecule has 0 unspecified atom stereocenters. The molecular formula is C21H15N3O3. The van der Waals surface area contributed by atoms with Gasteiger partial charge in [-0.25, -0.2) is 9.79 Å². The van der Waals surface area contributed by atoms with Crippen LogP contribution in [-0.4, -0.2) is 18.2 Å². The monoisotopic (exact) mass is 357 g/mol. The first-order chi connectivity index (χ1) is 13.2. The lowest BCUT2D eigenvalue weighted by Crippen LogP contribution is -2.22. The number of benzene rings is 3. The number of hydrogen-bond acceptors (Lipinski definition) is 4. The molecule has 27 heavy (non-hydrogen) atoms. The number of aliphatic imine (C=N–C) groups is 1. The normalized spacial score (nSPS) is 17.1. The third-order valence-electron chi connectivity index (χ3n) is 4.55. The summed E-state index contributed by atoms with van der Waals surface area (Å²) in [6.07, 6.45) is 1.46. The Labute approximate surface area is 154 Å². The molecule has 0 spiro atoms. The second kappa shape index (κ2) is 5.88. The molecule has 2 aliphatic heterocycles. The Morgan fingerprint density at radius 3 is 2.63 bits per heavy atom. The van der Waals surface area contributed by atoms with Crippen LogP contribution in [0.3, 0.4) is 0 Å². The second-order valence-electron chi connectivity index (χ2n) is 6.32. The summed E-state index contributed by atoms with van der Waals surface area (Å²) in [7, 11) is 0. The maximum atomic E-state index is 10.9. The largest absolute Gasteiger partial charge is 0.448 e. The van der Waals surface area contributed by atoms with Crippen molar-refractivity contribution in [2.24, 2.45) is 10.7 Å². The molecule has 6 nitrogen and oxygen atoms in total. The van der Waals surface area contributed by atoms with Crippen molar-refractivity contribution in [1.29, 1.82) is 0 Å². The highest BCUT2D eigenvalue weighted by Crippen LogP contribution is 2.38. The van der Waals surface area contributed by atoms with Gasteiger partial charge in [0.25, 0.3) is 6.29 Å². The molecule has 3 N–H and O–H groups in total. The SMILES string of the molecule is NC(=O)Nc1ccc(C2=NC3=Cc4c(ccc5ccccc45)O[C@@H]3O2)cc1. The smallest absolute Gasteiger partial charge is 0.316 e. The number of fused-ring (bicyclic) bond motifs is 4. The molecule has 2 heterocycles. The number of urea groups is 1. The van der Waals surface area contributed by atoms with E-state index in [1.807, 2.05) is 42.5 Å². The van der Waals surface area contributed by atoms with Gasteiger partial charge >= 0.3 is 6.03 Å². The van der Waals surface area contributed by atoms with E-state index in [0.717, 1.165) is 33.3 Å². The van der Waals surface area contributed by atoms with Crippen molar-refractivity contribution in [1.82, 2.24) is 0 Å². The fraction of sp³-hybridized carbons (Fsp3) is 0.0476. The molecule has 3 aromatic carbocycles. The van der Waals surface area contributed by atoms with Crippen molar-refractivity contribution < 1.29 is 14.3 Å². The van der Waals surface area contributed by atoms with Gasteiger partial charge in [0.2, 0.25) is 5.90 Å². The van der Waals surface area contributed by atoms with Gasteiger partial charge in [-0.15, -0.1) is 0 Å². The van der Waals surface area contributed by atoms with Crippen LogP contribution in [0.2, 0.25) is 0 Å². The number of rotatable bonds is 2. The second-order valence-corrected chi connectivity index (χ2v) is 6.32. The van der Waals surface area contributed by atoms with Gasteiger partial charge in [0.05, 0.1) is 0 Å². The van der Waals surface area contributed by atoms with Crippen LogP contribution in [0.5, 0.6) is 5.75 Å². The summed E-state index contributed by atoms with van der Waals surface area (Å²) in [5, 5.41) is 4.79. The molecule has 2 amide bonds. The summed E-state index contributed by atoms with van der Waals surface area (Å²) < 4.78 is 11.9. The molecular weight excluding hydrogens is 342 g/mol. The molecule has 0 aliphatic carbocycles. The zero-order valence-electron chi connectivity index (χ0n) is 14.2. The van der Waals surface area contributed by atoms with Gasteiger partial charge in [-0.05, 0) is 47.2 Å². The fourth-order valence-corrected chi connectivity index (χ4v) is 3.30. The number of primary amides is 1. The number of carbonyl (C=O) groups is 1. The molecule has 0 saturated heterocycles. The first kappa shape index (κ1) is 15.5. The minimum absolute atomic E-state index is 0.481. The molecule has 1 atom stereocenters. The molecule has 3 aromatic rings. The lowest BCUT2D eigenvalue weighted by molar-refractivity contribution is 0.0381. The molecule has 5 rings (SSSR count). The highest BCUT2D eigenvalue weighted by molar-refractivity contribution is 5.99. The van der Waals surface area contributed by atoms with E-state index < -0.39 is 12.3 Å². The van der Waals surface area contributed by atoms with Gasteiger partial charge in [-0.3, -0.25) is 0 Å². The molecule has 6 heteroatoms. The van der Waals surface area contributed by atoms with Crippen molar-refractivity contribution in [3.8, 4) is 5.75 Å². The Hall–Kier alpha value is -3.80. The fourth-order valence-electron chi connectivity index (χ4n) is 3.30. The van der Waals surface area contributed by atoms with Gasteiger partial charge < -0.3 is 20.5 Å². The minimum atomic E-state index is -0.605. The maximum absolute atomic E-state index is 10.9. The summed E-state index contributed by atoms with van der Waals surface area (Å²) in [5.41, 5.74) is 8.26. The molecule has 0 bridgehead atoms. The van der Waals surface area contributed by atoms with E-state index in [4.69, 9.17) is 15.2 Å². The van der Waals surface area contributed by atoms with E-state index in [-0.39, 0.29) is 0 Å². The van der Waals surface area contributed by atoms with E-state index in [0.29, 0.717) is 11.6 Å². The van der Waals surface area contributed by atoms with Crippen LogP contribution < -0.4 is 15.8 Å². The summed E-state index contributed by atoms with van der Waals surface area (Å²) in [6.45, 7) is 0. The molecule has 2 aliphatic rings. The van der Waals surface area contributed by atoms with Crippen molar-refractivity contribution in [3.63, 3.8) is 0 Å². The Balaban J connectivity index is 1.50. The lowest BCUT2D eigenvalue weighted by atomic mass is 10.0. The average Bonchev–Trinajstić information content (AvgIpc) is 3.09. The minimum Gasteiger partial charge on any atom is -0.448 e. The van der Waals surface area contributed by atoms with Crippen LogP contribution in [0.15, 0.2) is 71.4 Å². The van der Waals surface area contributed by atoms with Crippen LogP contribution in [-0.2, 0) is 4.74 Å². The van der Waals surface area contributed by atoms with Gasteiger partial charge in [0.1, 0.15) is 11.4 Å². The number of nitrogens with zero attached hydrogens (tertiary/aromatic N) is 1. The quantitative estimate of drug-likeness (QED) is 0.730. The third kappa shape index (κ3) is 2.67. The summed E-state index contributed by atoms with van der Waals surface area (Å²) in [6, 6.07) is 18.7. The zero-order chi connectivity index (χ0) is 18.4. The standard InChI is InChI=1S/C21H15N3O3/c22-21(25)23-14-8-5-13(6-9-14)19-24-17-11-16-15-4-2-1-3-12(15)7-10-18(16)26-20(17)27-19/h1-11,20H,(H3,22,23,25)/t20-/m1/s1. The Morgan fingerprint density at radius 1 is 1.00 bits per heavy atom. The molecule has 0 fully saturated rings. The predicted octanol–water partition coefficient (Wildman–Crippen LogP) is 3.87. The summed E-state index contributed by atoms with van der Waals surface area (Å²) >= 11 is 0. The predicted molar refractivity (Wildman–Crippen MR) is 104 cm³/mol.